The van der Waals surface area contributed by atoms with E-state index in [1.807, 2.05) is 0 Å². The number of carbonyl (C=O) groups excluding carboxylic acids is 1. The third-order valence-electron chi connectivity index (χ3n) is 2.30. The summed E-state index contributed by atoms with van der Waals surface area (Å²) in [6.45, 7) is 4.85. The standard InChI is InChI=1S/C11H14N2O3/c1-7-4-10(12-9(3)14)5-8(2)11(7)6-13(15)16/h4-5H,6H2,1-3H3,(H,12,14). The Labute approximate surface area is 93.6 Å². The molecule has 5 nitrogen and oxygen atoms in total. The van der Waals surface area contributed by atoms with Gasteiger partial charge in [-0.15, -0.1) is 0 Å². The molecule has 16 heavy (non-hydrogen) atoms. The van der Waals surface area contributed by atoms with Gasteiger partial charge in [0.25, 0.3) is 0 Å². The van der Waals surface area contributed by atoms with E-state index in [4.69, 9.17) is 0 Å². The van der Waals surface area contributed by atoms with E-state index in [0.717, 1.165) is 11.1 Å². The van der Waals surface area contributed by atoms with Gasteiger partial charge in [0.1, 0.15) is 0 Å². The van der Waals surface area contributed by atoms with E-state index in [1.165, 1.54) is 6.92 Å². The summed E-state index contributed by atoms with van der Waals surface area (Å²) in [7, 11) is 0. The maximum atomic E-state index is 10.9. The molecule has 0 aliphatic carbocycles. The number of nitro groups is 1. The predicted molar refractivity (Wildman–Crippen MR) is 60.9 cm³/mol. The summed E-state index contributed by atoms with van der Waals surface area (Å²) in [5.74, 6) is -0.152. The van der Waals surface area contributed by atoms with Crippen molar-refractivity contribution in [2.24, 2.45) is 0 Å². The number of rotatable bonds is 3. The van der Waals surface area contributed by atoms with Crippen LogP contribution in [0.4, 0.5) is 5.69 Å². The predicted octanol–water partition coefficient (Wildman–Crippen LogP) is 2.04. The summed E-state index contributed by atoms with van der Waals surface area (Å²) in [6.07, 6.45) is 0. The fraction of sp³-hybridized carbons (Fsp3) is 0.364. The van der Waals surface area contributed by atoms with Crippen molar-refractivity contribution in [1.82, 2.24) is 0 Å². The second kappa shape index (κ2) is 4.74. The third kappa shape index (κ3) is 3.05. The summed E-state index contributed by atoms with van der Waals surface area (Å²) >= 11 is 0. The van der Waals surface area contributed by atoms with Crippen molar-refractivity contribution in [1.29, 1.82) is 0 Å². The van der Waals surface area contributed by atoms with Crippen LogP contribution in [0.15, 0.2) is 12.1 Å². The molecule has 0 radical (unpaired) electrons. The maximum Gasteiger partial charge on any atom is 0.229 e. The normalized spacial score (nSPS) is 9.94. The molecule has 1 rings (SSSR count). The molecule has 0 saturated heterocycles. The fourth-order valence-corrected chi connectivity index (χ4v) is 1.65. The monoisotopic (exact) mass is 222 g/mol. The van der Waals surface area contributed by atoms with Gasteiger partial charge >= 0.3 is 0 Å². The average Bonchev–Trinajstić information content (AvgIpc) is 2.10. The summed E-state index contributed by atoms with van der Waals surface area (Å²) in [6, 6.07) is 3.49. The first-order chi connectivity index (χ1) is 7.40. The van der Waals surface area contributed by atoms with E-state index in [0.29, 0.717) is 11.3 Å². The van der Waals surface area contributed by atoms with Crippen LogP contribution in [0, 0.1) is 24.0 Å². The summed E-state index contributed by atoms with van der Waals surface area (Å²) in [4.78, 5) is 21.0. The van der Waals surface area contributed by atoms with Gasteiger partial charge in [0.2, 0.25) is 12.5 Å². The van der Waals surface area contributed by atoms with Crippen LogP contribution in [0.1, 0.15) is 23.6 Å². The maximum absolute atomic E-state index is 10.9. The van der Waals surface area contributed by atoms with Crippen LogP contribution in [0.5, 0.6) is 0 Å². The van der Waals surface area contributed by atoms with Crippen LogP contribution in [-0.2, 0) is 11.3 Å². The summed E-state index contributed by atoms with van der Waals surface area (Å²) in [5.41, 5.74) is 3.02. The smallest absolute Gasteiger partial charge is 0.229 e. The lowest BCUT2D eigenvalue weighted by atomic mass is 10.0. The Hall–Kier alpha value is -1.91. The van der Waals surface area contributed by atoms with Gasteiger partial charge < -0.3 is 5.32 Å². The molecular formula is C11H14N2O3. The van der Waals surface area contributed by atoms with Gasteiger partial charge in [-0.25, -0.2) is 0 Å². The van der Waals surface area contributed by atoms with Crippen LogP contribution in [-0.4, -0.2) is 10.8 Å². The van der Waals surface area contributed by atoms with Crippen molar-refractivity contribution in [3.63, 3.8) is 0 Å². The number of nitrogens with one attached hydrogen (secondary N) is 1. The first-order valence-corrected chi connectivity index (χ1v) is 4.89. The Balaban J connectivity index is 3.06. The van der Waals surface area contributed by atoms with Gasteiger partial charge in [0.05, 0.1) is 0 Å². The molecule has 1 aromatic rings. The van der Waals surface area contributed by atoms with Crippen molar-refractivity contribution >= 4 is 11.6 Å². The quantitative estimate of drug-likeness (QED) is 0.628. The Kier molecular flexibility index (Phi) is 3.60. The molecule has 5 heteroatoms. The van der Waals surface area contributed by atoms with Crippen LogP contribution < -0.4 is 5.32 Å². The van der Waals surface area contributed by atoms with E-state index in [1.54, 1.807) is 26.0 Å². The zero-order valence-corrected chi connectivity index (χ0v) is 9.53. The molecule has 1 amide bonds. The van der Waals surface area contributed by atoms with E-state index in [2.05, 4.69) is 5.32 Å². The number of benzene rings is 1. The molecule has 0 heterocycles. The zero-order chi connectivity index (χ0) is 12.3. The van der Waals surface area contributed by atoms with Gasteiger partial charge in [-0.3, -0.25) is 14.9 Å². The van der Waals surface area contributed by atoms with Crippen LogP contribution in [0.25, 0.3) is 0 Å². The highest BCUT2D eigenvalue weighted by Crippen LogP contribution is 2.20. The van der Waals surface area contributed by atoms with E-state index in [9.17, 15) is 14.9 Å². The largest absolute Gasteiger partial charge is 0.326 e. The van der Waals surface area contributed by atoms with Gasteiger partial charge in [-0.05, 0) is 37.1 Å². The number of hydrogen-bond acceptors (Lipinski definition) is 3. The van der Waals surface area contributed by atoms with Gasteiger partial charge in [-0.1, -0.05) is 0 Å². The Morgan fingerprint density at radius 1 is 1.38 bits per heavy atom. The second-order valence-electron chi connectivity index (χ2n) is 3.76. The number of anilines is 1. The van der Waals surface area contributed by atoms with Crippen LogP contribution in [0.2, 0.25) is 0 Å². The Morgan fingerprint density at radius 3 is 2.25 bits per heavy atom. The van der Waals surface area contributed by atoms with Crippen molar-refractivity contribution in [3.05, 3.63) is 38.9 Å². The van der Waals surface area contributed by atoms with E-state index in [-0.39, 0.29) is 17.4 Å². The van der Waals surface area contributed by atoms with Gasteiger partial charge in [0.15, 0.2) is 0 Å². The molecule has 0 spiro atoms. The molecule has 0 atom stereocenters. The number of aryl methyl sites for hydroxylation is 2. The second-order valence-corrected chi connectivity index (χ2v) is 3.76. The SMILES string of the molecule is CC(=O)Nc1cc(C)c(C[N+](=O)[O-])c(C)c1. The highest BCUT2D eigenvalue weighted by atomic mass is 16.6. The molecule has 0 aliphatic rings. The minimum atomic E-state index is -0.354. The lowest BCUT2D eigenvalue weighted by molar-refractivity contribution is -0.497. The van der Waals surface area contributed by atoms with Crippen molar-refractivity contribution in [2.75, 3.05) is 5.32 Å². The first kappa shape index (κ1) is 12.2. The minimum absolute atomic E-state index is 0.152. The van der Waals surface area contributed by atoms with E-state index >= 15 is 0 Å². The number of carbonyl (C=O) groups is 1. The minimum Gasteiger partial charge on any atom is -0.326 e. The van der Waals surface area contributed by atoms with Crippen molar-refractivity contribution in [3.8, 4) is 0 Å². The molecular weight excluding hydrogens is 208 g/mol. The van der Waals surface area contributed by atoms with Crippen molar-refractivity contribution < 1.29 is 9.72 Å². The topological polar surface area (TPSA) is 72.2 Å². The Morgan fingerprint density at radius 2 is 1.88 bits per heavy atom. The molecule has 0 saturated carbocycles. The molecule has 1 aromatic carbocycles. The Bertz CT molecular complexity index is 418. The third-order valence-corrected chi connectivity index (χ3v) is 2.30. The molecule has 86 valence electrons. The van der Waals surface area contributed by atoms with E-state index < -0.39 is 0 Å². The zero-order valence-electron chi connectivity index (χ0n) is 9.53. The molecule has 0 aromatic heterocycles. The van der Waals surface area contributed by atoms with Crippen molar-refractivity contribution in [2.45, 2.75) is 27.3 Å². The molecule has 0 aliphatic heterocycles. The average molecular weight is 222 g/mol. The number of hydrogen-bond donors (Lipinski definition) is 1. The van der Waals surface area contributed by atoms with Crippen LogP contribution >= 0.6 is 0 Å². The highest BCUT2D eigenvalue weighted by molar-refractivity contribution is 5.88. The summed E-state index contributed by atoms with van der Waals surface area (Å²) < 4.78 is 0. The van der Waals surface area contributed by atoms with Gasteiger partial charge in [-0.2, -0.15) is 0 Å². The molecule has 0 bridgehead atoms. The summed E-state index contributed by atoms with van der Waals surface area (Å²) in [5, 5.41) is 13.1. The highest BCUT2D eigenvalue weighted by Gasteiger charge is 2.10. The number of amides is 1. The molecule has 0 fully saturated rings. The first-order valence-electron chi connectivity index (χ1n) is 4.89. The fourth-order valence-electron chi connectivity index (χ4n) is 1.65. The molecule has 1 N–H and O–H groups in total. The lowest BCUT2D eigenvalue weighted by Gasteiger charge is -2.09. The number of nitrogens with zero attached hydrogens (tertiary/aromatic N) is 1. The lowest BCUT2D eigenvalue weighted by Crippen LogP contribution is -2.08. The van der Waals surface area contributed by atoms with Crippen LogP contribution in [0.3, 0.4) is 0 Å². The van der Waals surface area contributed by atoms with Gasteiger partial charge in [0, 0.05) is 23.1 Å². The molecule has 0 unspecified atom stereocenters.